The molecule has 3 amide bonds. The predicted octanol–water partition coefficient (Wildman–Crippen LogP) is 1.57. The van der Waals surface area contributed by atoms with E-state index in [0.717, 1.165) is 38.8 Å². The van der Waals surface area contributed by atoms with Crippen molar-refractivity contribution >= 4 is 23.6 Å². The van der Waals surface area contributed by atoms with Gasteiger partial charge in [-0.2, -0.15) is 5.10 Å². The number of carbonyl (C=O) groups excluding carboxylic acids is 2. The van der Waals surface area contributed by atoms with Gasteiger partial charge in [0.1, 0.15) is 0 Å². The summed E-state index contributed by atoms with van der Waals surface area (Å²) in [5, 5.41) is 16.1. The van der Waals surface area contributed by atoms with E-state index >= 15 is 0 Å². The molecular formula is C18H27N5O4. The Labute approximate surface area is 158 Å². The van der Waals surface area contributed by atoms with E-state index in [9.17, 15) is 19.5 Å². The lowest BCUT2D eigenvalue weighted by Crippen LogP contribution is -2.48. The number of aromatic nitrogens is 2. The Morgan fingerprint density at radius 2 is 1.81 bits per heavy atom. The first-order chi connectivity index (χ1) is 12.8. The van der Waals surface area contributed by atoms with Gasteiger partial charge < -0.3 is 20.2 Å². The number of carboxylic acids is 1. The fraction of sp³-hybridized carbons (Fsp3) is 0.667. The van der Waals surface area contributed by atoms with Gasteiger partial charge in [0.15, 0.2) is 5.54 Å². The van der Waals surface area contributed by atoms with Crippen molar-refractivity contribution in [1.29, 1.82) is 0 Å². The monoisotopic (exact) mass is 377 g/mol. The zero-order valence-electron chi connectivity index (χ0n) is 15.8. The van der Waals surface area contributed by atoms with Gasteiger partial charge in [0.05, 0.1) is 17.8 Å². The number of rotatable bonds is 4. The molecule has 0 aliphatic carbocycles. The molecule has 0 spiro atoms. The molecule has 3 heterocycles. The summed E-state index contributed by atoms with van der Waals surface area (Å²) in [6.45, 7) is 5.77. The summed E-state index contributed by atoms with van der Waals surface area (Å²) in [5.74, 6) is -1.45. The van der Waals surface area contributed by atoms with Crippen LogP contribution in [0.2, 0.25) is 0 Å². The van der Waals surface area contributed by atoms with E-state index in [1.807, 2.05) is 4.90 Å². The summed E-state index contributed by atoms with van der Waals surface area (Å²) >= 11 is 0. The lowest BCUT2D eigenvalue weighted by molar-refractivity contribution is -0.146. The molecule has 0 bridgehead atoms. The SMILES string of the molecule is CC(C)(C(=O)O)n1cc(NC(=O)C2CCCN(C(=O)N3CCCC3)C2)cn1. The van der Waals surface area contributed by atoms with Crippen LogP contribution in [0.3, 0.4) is 0 Å². The number of carbonyl (C=O) groups is 3. The standard InChI is InChI=1S/C18H27N5O4/c1-18(2,16(25)26)23-12-14(10-19-23)20-15(24)13-6-5-9-22(11-13)17(27)21-7-3-4-8-21/h10,12-13H,3-9,11H2,1-2H3,(H,20,24)(H,25,26). The second-order valence-electron chi connectivity index (χ2n) is 7.79. The Balaban J connectivity index is 1.60. The minimum atomic E-state index is -1.20. The first kappa shape index (κ1) is 19.2. The van der Waals surface area contributed by atoms with E-state index in [0.29, 0.717) is 18.8 Å². The van der Waals surface area contributed by atoms with Crippen molar-refractivity contribution in [3.05, 3.63) is 12.4 Å². The molecule has 1 aromatic heterocycles. The molecule has 2 saturated heterocycles. The van der Waals surface area contributed by atoms with Gasteiger partial charge in [-0.25, -0.2) is 9.59 Å². The Hall–Kier alpha value is -2.58. The highest BCUT2D eigenvalue weighted by molar-refractivity contribution is 5.93. The minimum Gasteiger partial charge on any atom is -0.479 e. The highest BCUT2D eigenvalue weighted by atomic mass is 16.4. The van der Waals surface area contributed by atoms with E-state index in [1.54, 1.807) is 4.90 Å². The molecule has 1 aromatic rings. The van der Waals surface area contributed by atoms with Crippen molar-refractivity contribution in [2.75, 3.05) is 31.5 Å². The summed E-state index contributed by atoms with van der Waals surface area (Å²) in [6.07, 6.45) is 6.56. The number of hydrogen-bond acceptors (Lipinski definition) is 4. The lowest BCUT2D eigenvalue weighted by Gasteiger charge is -2.34. The maximum absolute atomic E-state index is 12.6. The molecular weight excluding hydrogens is 350 g/mol. The number of hydrogen-bond donors (Lipinski definition) is 2. The summed E-state index contributed by atoms with van der Waals surface area (Å²) in [5.41, 5.74) is -0.746. The first-order valence-electron chi connectivity index (χ1n) is 9.42. The normalized spacial score (nSPS) is 20.6. The van der Waals surface area contributed by atoms with Gasteiger partial charge in [0, 0.05) is 32.4 Å². The number of piperidine rings is 1. The van der Waals surface area contributed by atoms with Crippen LogP contribution in [0.5, 0.6) is 0 Å². The topological polar surface area (TPSA) is 108 Å². The fourth-order valence-electron chi connectivity index (χ4n) is 3.51. The molecule has 9 heteroatoms. The second-order valence-corrected chi connectivity index (χ2v) is 7.79. The maximum Gasteiger partial charge on any atom is 0.331 e. The number of likely N-dealkylation sites (tertiary alicyclic amines) is 2. The average Bonchev–Trinajstić information content (AvgIpc) is 3.33. The van der Waals surface area contributed by atoms with Gasteiger partial charge in [-0.1, -0.05) is 0 Å². The first-order valence-corrected chi connectivity index (χ1v) is 9.42. The molecule has 2 aliphatic heterocycles. The summed E-state index contributed by atoms with van der Waals surface area (Å²) in [7, 11) is 0. The van der Waals surface area contributed by atoms with Crippen molar-refractivity contribution in [3.63, 3.8) is 0 Å². The Bertz CT molecular complexity index is 723. The molecule has 1 atom stereocenters. The highest BCUT2D eigenvalue weighted by Gasteiger charge is 2.33. The number of carboxylic acid groups (broad SMARTS) is 1. The lowest BCUT2D eigenvalue weighted by atomic mass is 9.97. The zero-order valence-corrected chi connectivity index (χ0v) is 15.8. The van der Waals surface area contributed by atoms with Crippen LogP contribution in [0.4, 0.5) is 10.5 Å². The van der Waals surface area contributed by atoms with Crippen LogP contribution in [0.25, 0.3) is 0 Å². The summed E-state index contributed by atoms with van der Waals surface area (Å²) in [6, 6.07) is 0.0287. The predicted molar refractivity (Wildman–Crippen MR) is 98.3 cm³/mol. The van der Waals surface area contributed by atoms with Crippen LogP contribution in [-0.4, -0.2) is 68.8 Å². The zero-order chi connectivity index (χ0) is 19.6. The number of nitrogens with zero attached hydrogens (tertiary/aromatic N) is 4. The van der Waals surface area contributed by atoms with Crippen molar-refractivity contribution in [2.45, 2.75) is 45.1 Å². The van der Waals surface area contributed by atoms with Crippen LogP contribution in [-0.2, 0) is 15.1 Å². The van der Waals surface area contributed by atoms with Gasteiger partial charge in [0.2, 0.25) is 5.91 Å². The quantitative estimate of drug-likeness (QED) is 0.828. The van der Waals surface area contributed by atoms with Gasteiger partial charge in [0.25, 0.3) is 0 Å². The molecule has 2 aliphatic rings. The van der Waals surface area contributed by atoms with Crippen molar-refractivity contribution < 1.29 is 19.5 Å². The van der Waals surface area contributed by atoms with E-state index in [2.05, 4.69) is 10.4 Å². The largest absolute Gasteiger partial charge is 0.479 e. The molecule has 148 valence electrons. The number of anilines is 1. The molecule has 3 rings (SSSR count). The number of aliphatic carboxylic acids is 1. The third kappa shape index (κ3) is 4.06. The maximum atomic E-state index is 12.6. The van der Waals surface area contributed by atoms with Gasteiger partial charge in [-0.05, 0) is 39.5 Å². The van der Waals surface area contributed by atoms with Crippen LogP contribution in [0.1, 0.15) is 39.5 Å². The van der Waals surface area contributed by atoms with Crippen molar-refractivity contribution in [1.82, 2.24) is 19.6 Å². The highest BCUT2D eigenvalue weighted by Crippen LogP contribution is 2.22. The molecule has 0 aromatic carbocycles. The summed E-state index contributed by atoms with van der Waals surface area (Å²) in [4.78, 5) is 40.1. The van der Waals surface area contributed by atoms with Gasteiger partial charge >= 0.3 is 12.0 Å². The Morgan fingerprint density at radius 1 is 1.15 bits per heavy atom. The fourth-order valence-corrected chi connectivity index (χ4v) is 3.51. The van der Waals surface area contributed by atoms with E-state index in [4.69, 9.17) is 0 Å². The van der Waals surface area contributed by atoms with Gasteiger partial charge in [-0.15, -0.1) is 0 Å². The molecule has 0 radical (unpaired) electrons. The van der Waals surface area contributed by atoms with Crippen LogP contribution >= 0.6 is 0 Å². The third-order valence-electron chi connectivity index (χ3n) is 5.39. The Morgan fingerprint density at radius 3 is 2.48 bits per heavy atom. The van der Waals surface area contributed by atoms with E-state index < -0.39 is 11.5 Å². The summed E-state index contributed by atoms with van der Waals surface area (Å²) < 4.78 is 1.31. The molecule has 2 fully saturated rings. The van der Waals surface area contributed by atoms with E-state index in [1.165, 1.54) is 30.9 Å². The molecule has 27 heavy (non-hydrogen) atoms. The third-order valence-corrected chi connectivity index (χ3v) is 5.39. The average molecular weight is 377 g/mol. The minimum absolute atomic E-state index is 0.0287. The molecule has 2 N–H and O–H groups in total. The van der Waals surface area contributed by atoms with Gasteiger partial charge in [-0.3, -0.25) is 9.48 Å². The smallest absolute Gasteiger partial charge is 0.331 e. The number of nitrogens with one attached hydrogen (secondary N) is 1. The van der Waals surface area contributed by atoms with Crippen molar-refractivity contribution in [3.8, 4) is 0 Å². The van der Waals surface area contributed by atoms with E-state index in [-0.39, 0.29) is 17.9 Å². The van der Waals surface area contributed by atoms with Crippen LogP contribution in [0.15, 0.2) is 12.4 Å². The van der Waals surface area contributed by atoms with Crippen LogP contribution < -0.4 is 5.32 Å². The van der Waals surface area contributed by atoms with Crippen LogP contribution in [0, 0.1) is 5.92 Å². The number of amides is 3. The second kappa shape index (κ2) is 7.58. The Kier molecular flexibility index (Phi) is 5.38. The van der Waals surface area contributed by atoms with Crippen molar-refractivity contribution in [2.24, 2.45) is 5.92 Å². The number of urea groups is 1. The molecule has 0 saturated carbocycles. The molecule has 1 unspecified atom stereocenters. The molecule has 9 nitrogen and oxygen atoms in total.